The van der Waals surface area contributed by atoms with Crippen molar-refractivity contribution in [2.75, 3.05) is 31.8 Å². The molecule has 1 aliphatic carbocycles. The van der Waals surface area contributed by atoms with Crippen LogP contribution in [0, 0.1) is 6.92 Å². The third kappa shape index (κ3) is 8.20. The molecule has 9 nitrogen and oxygen atoms in total. The highest BCUT2D eigenvalue weighted by Crippen LogP contribution is 2.30. The van der Waals surface area contributed by atoms with Crippen LogP contribution in [0.4, 0.5) is 26.2 Å². The van der Waals surface area contributed by atoms with E-state index >= 15 is 0 Å². The molecule has 3 heterocycles. The Kier molecular flexibility index (Phi) is 10.4. The number of aliphatic hydroxyl groups is 1. The average Bonchev–Trinajstić information content (AvgIpc) is 3.24. The van der Waals surface area contributed by atoms with E-state index in [2.05, 4.69) is 30.6 Å². The summed E-state index contributed by atoms with van der Waals surface area (Å²) in [6.07, 6.45) is 6.31. The van der Waals surface area contributed by atoms with Gasteiger partial charge in [0.2, 0.25) is 5.95 Å². The highest BCUT2D eigenvalue weighted by atomic mass is 19.2. The zero-order chi connectivity index (χ0) is 26.0. The van der Waals surface area contributed by atoms with Crippen molar-refractivity contribution in [1.29, 1.82) is 0 Å². The summed E-state index contributed by atoms with van der Waals surface area (Å²) in [4.78, 5) is 8.82. The van der Waals surface area contributed by atoms with Crippen molar-refractivity contribution in [3.05, 3.63) is 30.1 Å². The first-order valence-electron chi connectivity index (χ1n) is 11.6. The van der Waals surface area contributed by atoms with Crippen molar-refractivity contribution >= 4 is 23.0 Å². The molecule has 3 aromatic rings. The van der Waals surface area contributed by atoms with Gasteiger partial charge in [-0.3, -0.25) is 4.98 Å². The molecular formula is C24H36F2N8O. The Morgan fingerprint density at radius 3 is 2.37 bits per heavy atom. The number of alkyl halides is 2. The predicted octanol–water partition coefficient (Wildman–Crippen LogP) is 5.45. The van der Waals surface area contributed by atoms with Gasteiger partial charge in [0.05, 0.1) is 17.0 Å². The molecule has 1 aliphatic rings. The molecule has 3 aromatic heterocycles. The van der Waals surface area contributed by atoms with E-state index in [1.807, 2.05) is 38.2 Å². The van der Waals surface area contributed by atoms with Crippen LogP contribution in [0.1, 0.15) is 51.6 Å². The van der Waals surface area contributed by atoms with Gasteiger partial charge >= 0.3 is 0 Å². The van der Waals surface area contributed by atoms with Crippen LogP contribution in [0.2, 0.25) is 0 Å². The molecule has 0 aliphatic heterocycles. The summed E-state index contributed by atoms with van der Waals surface area (Å²) in [6.45, 7) is 4.16. The zero-order valence-electron chi connectivity index (χ0n) is 21.1. The number of azo groups is 1. The van der Waals surface area contributed by atoms with Gasteiger partial charge in [0.1, 0.15) is 24.1 Å². The molecule has 0 amide bonds. The number of anilines is 2. The zero-order valence-corrected chi connectivity index (χ0v) is 21.1. The first kappa shape index (κ1) is 28.0. The number of halogens is 2. The molecule has 35 heavy (non-hydrogen) atoms. The summed E-state index contributed by atoms with van der Waals surface area (Å²) >= 11 is 0. The standard InChI is InChI=1S/C14H16N8.C7H14O.C3H6F2/c1-8-10(20-17-3)4-5-11(18-8)9-6-7-22-12(9)13(16-2)19-14(15)21-22;1-7(8)5-3-2-4-6-7;1-3(5)2-4/h4-7H,1-3H3,(H3,15,16,19,21);8H,2-6H2,1H3;3H,2H2,1H3. The number of nitrogens with one attached hydrogen (secondary N) is 1. The fraction of sp³-hybridized carbons (Fsp3) is 0.542. The van der Waals surface area contributed by atoms with Gasteiger partial charge in [-0.1, -0.05) is 19.3 Å². The normalized spacial score (nSPS) is 15.7. The number of nitrogens with two attached hydrogens (primary N) is 1. The van der Waals surface area contributed by atoms with Crippen molar-refractivity contribution < 1.29 is 13.9 Å². The lowest BCUT2D eigenvalue weighted by Gasteiger charge is -2.27. The summed E-state index contributed by atoms with van der Waals surface area (Å²) in [5.74, 6) is 0.867. The highest BCUT2D eigenvalue weighted by Gasteiger charge is 2.22. The van der Waals surface area contributed by atoms with Gasteiger partial charge < -0.3 is 16.2 Å². The van der Waals surface area contributed by atoms with E-state index in [1.54, 1.807) is 18.6 Å². The number of hydrogen-bond donors (Lipinski definition) is 3. The molecule has 0 aromatic carbocycles. The Morgan fingerprint density at radius 2 is 1.89 bits per heavy atom. The maximum absolute atomic E-state index is 11.1. The second-order valence-electron chi connectivity index (χ2n) is 8.68. The van der Waals surface area contributed by atoms with Gasteiger partial charge in [-0.15, -0.1) is 5.10 Å². The number of nitrogens with zero attached hydrogens (tertiary/aromatic N) is 6. The largest absolute Gasteiger partial charge is 0.390 e. The smallest absolute Gasteiger partial charge is 0.240 e. The van der Waals surface area contributed by atoms with Crippen molar-refractivity contribution in [2.24, 2.45) is 10.2 Å². The van der Waals surface area contributed by atoms with Gasteiger partial charge in [-0.25, -0.2) is 13.3 Å². The minimum Gasteiger partial charge on any atom is -0.390 e. The second-order valence-corrected chi connectivity index (χ2v) is 8.68. The van der Waals surface area contributed by atoms with E-state index in [0.29, 0.717) is 5.82 Å². The second kappa shape index (κ2) is 13.0. The molecule has 0 bridgehead atoms. The summed E-state index contributed by atoms with van der Waals surface area (Å²) in [7, 11) is 3.43. The topological polar surface area (TPSA) is 126 Å². The number of fused-ring (bicyclic) bond motifs is 1. The van der Waals surface area contributed by atoms with E-state index in [4.69, 9.17) is 5.73 Å². The third-order valence-electron chi connectivity index (χ3n) is 5.45. The lowest BCUT2D eigenvalue weighted by Crippen LogP contribution is -2.26. The highest BCUT2D eigenvalue weighted by molar-refractivity contribution is 5.87. The Bertz CT molecular complexity index is 1110. The Balaban J connectivity index is 0.000000273. The number of pyridine rings is 1. The number of rotatable bonds is 4. The molecule has 4 rings (SSSR count). The summed E-state index contributed by atoms with van der Waals surface area (Å²) in [5.41, 5.74) is 9.52. The lowest BCUT2D eigenvalue weighted by atomic mass is 9.87. The van der Waals surface area contributed by atoms with Gasteiger partial charge in [-0.05, 0) is 51.8 Å². The van der Waals surface area contributed by atoms with Crippen LogP contribution < -0.4 is 11.1 Å². The van der Waals surface area contributed by atoms with Crippen LogP contribution in [0.3, 0.4) is 0 Å². The van der Waals surface area contributed by atoms with Crippen molar-refractivity contribution in [2.45, 2.75) is 64.6 Å². The molecule has 1 unspecified atom stereocenters. The SMILES string of the molecule is CC(F)CF.CC1(O)CCCCC1.CN=Nc1ccc(-c2ccn3nc(N)nc(NC)c23)nc1C. The van der Waals surface area contributed by atoms with Crippen molar-refractivity contribution in [3.63, 3.8) is 0 Å². The number of aryl methyl sites for hydroxylation is 1. The minimum atomic E-state index is -1.28. The summed E-state index contributed by atoms with van der Waals surface area (Å²) in [5, 5.41) is 24.4. The Labute approximate surface area is 204 Å². The molecule has 11 heteroatoms. The fourth-order valence-electron chi connectivity index (χ4n) is 3.65. The van der Waals surface area contributed by atoms with Crippen LogP contribution in [-0.4, -0.2) is 57.2 Å². The van der Waals surface area contributed by atoms with E-state index in [0.717, 1.165) is 41.0 Å². The van der Waals surface area contributed by atoms with Gasteiger partial charge in [0.15, 0.2) is 5.82 Å². The van der Waals surface area contributed by atoms with E-state index in [-0.39, 0.29) is 11.5 Å². The number of aromatic nitrogens is 4. The van der Waals surface area contributed by atoms with E-state index < -0.39 is 12.8 Å². The molecule has 1 saturated carbocycles. The van der Waals surface area contributed by atoms with Gasteiger partial charge in [-0.2, -0.15) is 15.2 Å². The van der Waals surface area contributed by atoms with Crippen molar-refractivity contribution in [3.8, 4) is 11.3 Å². The maximum atomic E-state index is 11.1. The van der Waals surface area contributed by atoms with Gasteiger partial charge in [0, 0.05) is 25.9 Å². The van der Waals surface area contributed by atoms with Gasteiger partial charge in [0.25, 0.3) is 0 Å². The Hall–Kier alpha value is -3.21. The molecule has 1 atom stereocenters. The van der Waals surface area contributed by atoms with Crippen LogP contribution >= 0.6 is 0 Å². The molecule has 0 spiro atoms. The maximum Gasteiger partial charge on any atom is 0.240 e. The summed E-state index contributed by atoms with van der Waals surface area (Å²) in [6, 6.07) is 5.74. The average molecular weight is 491 g/mol. The molecule has 192 valence electrons. The van der Waals surface area contributed by atoms with Crippen LogP contribution in [0.5, 0.6) is 0 Å². The molecule has 1 fully saturated rings. The van der Waals surface area contributed by atoms with Crippen LogP contribution in [0.15, 0.2) is 34.6 Å². The first-order chi connectivity index (χ1) is 16.6. The lowest BCUT2D eigenvalue weighted by molar-refractivity contribution is 0.0225. The first-order valence-corrected chi connectivity index (χ1v) is 11.6. The fourth-order valence-corrected chi connectivity index (χ4v) is 3.65. The van der Waals surface area contributed by atoms with E-state index in [9.17, 15) is 13.9 Å². The van der Waals surface area contributed by atoms with Crippen LogP contribution in [-0.2, 0) is 0 Å². The third-order valence-corrected chi connectivity index (χ3v) is 5.45. The molecule has 0 radical (unpaired) electrons. The number of nitrogen functional groups attached to an aromatic ring is 1. The predicted molar refractivity (Wildman–Crippen MR) is 136 cm³/mol. The summed E-state index contributed by atoms with van der Waals surface area (Å²) < 4.78 is 23.5. The quantitative estimate of drug-likeness (QED) is 0.417. The Morgan fingerprint density at radius 1 is 1.23 bits per heavy atom. The van der Waals surface area contributed by atoms with E-state index in [1.165, 1.54) is 26.2 Å². The van der Waals surface area contributed by atoms with Crippen LogP contribution in [0.25, 0.3) is 16.8 Å². The number of hydrogen-bond acceptors (Lipinski definition) is 8. The molecule has 4 N–H and O–H groups in total. The van der Waals surface area contributed by atoms with Crippen molar-refractivity contribution in [1.82, 2.24) is 19.6 Å². The minimum absolute atomic E-state index is 0.210. The monoisotopic (exact) mass is 490 g/mol. The molecular weight excluding hydrogens is 454 g/mol. The molecule has 0 saturated heterocycles.